The number of hydrogen-bond acceptors (Lipinski definition) is 2. The molecule has 0 aliphatic rings. The Morgan fingerprint density at radius 2 is 2.00 bits per heavy atom. The number of aldehydes is 1. The van der Waals surface area contributed by atoms with Crippen LogP contribution in [-0.2, 0) is 4.79 Å². The molecule has 2 heteroatoms. The van der Waals surface area contributed by atoms with Crippen molar-refractivity contribution in [1.82, 2.24) is 0 Å². The Morgan fingerprint density at radius 1 is 1.57 bits per heavy atom. The van der Waals surface area contributed by atoms with Crippen LogP contribution < -0.4 is 5.73 Å². The first-order valence-corrected chi connectivity index (χ1v) is 2.06. The van der Waals surface area contributed by atoms with Crippen molar-refractivity contribution in [2.24, 2.45) is 5.73 Å². The summed E-state index contributed by atoms with van der Waals surface area (Å²) in [6.45, 7) is 3.38. The highest BCUT2D eigenvalue weighted by Crippen LogP contribution is 1.88. The molecule has 0 aliphatic heterocycles. The zero-order chi connectivity index (χ0) is 5.86. The van der Waals surface area contributed by atoms with E-state index < -0.39 is 0 Å². The largest absolute Gasteiger partial charge is 0.402 e. The molecule has 0 aliphatic carbocycles. The first kappa shape index (κ1) is 6.21. The van der Waals surface area contributed by atoms with Gasteiger partial charge < -0.3 is 5.73 Å². The van der Waals surface area contributed by atoms with E-state index in [0.29, 0.717) is 11.3 Å². The predicted molar refractivity (Wildman–Crippen MR) is 28.6 cm³/mol. The molecule has 0 saturated heterocycles. The van der Waals surface area contributed by atoms with Crippen molar-refractivity contribution in [3.8, 4) is 0 Å². The van der Waals surface area contributed by atoms with E-state index in [2.05, 4.69) is 0 Å². The van der Waals surface area contributed by atoms with Crippen molar-refractivity contribution in [1.29, 1.82) is 0 Å². The molecule has 0 fully saturated rings. The molecular weight excluding hydrogens is 90.1 g/mol. The smallest absolute Gasteiger partial charge is 0.147 e. The highest BCUT2D eigenvalue weighted by Gasteiger charge is 1.83. The number of nitrogens with two attached hydrogens (primary N) is 1. The maximum atomic E-state index is 9.81. The third-order valence-electron chi connectivity index (χ3n) is 0.799. The van der Waals surface area contributed by atoms with E-state index in [0.717, 1.165) is 6.29 Å². The zero-order valence-corrected chi connectivity index (χ0v) is 4.56. The van der Waals surface area contributed by atoms with Gasteiger partial charge in [-0.3, -0.25) is 4.79 Å². The molecule has 0 saturated carbocycles. The maximum Gasteiger partial charge on any atom is 0.147 e. The monoisotopic (exact) mass is 99.1 g/mol. The third-order valence-corrected chi connectivity index (χ3v) is 0.799. The van der Waals surface area contributed by atoms with Crippen LogP contribution in [-0.4, -0.2) is 6.29 Å². The second-order valence-electron chi connectivity index (χ2n) is 1.48. The molecule has 0 radical (unpaired) electrons. The predicted octanol–water partition coefficient (Wildman–Crippen LogP) is 0.438. The lowest BCUT2D eigenvalue weighted by atomic mass is 10.3. The second kappa shape index (κ2) is 2.39. The Balaban J connectivity index is 3.98. The average Bonchev–Trinajstić information content (AvgIpc) is 1.65. The van der Waals surface area contributed by atoms with Crippen LogP contribution in [0.5, 0.6) is 0 Å². The van der Waals surface area contributed by atoms with Gasteiger partial charge in [0.25, 0.3) is 0 Å². The number of rotatable bonds is 1. The van der Waals surface area contributed by atoms with Crippen molar-refractivity contribution in [2.75, 3.05) is 0 Å². The maximum absolute atomic E-state index is 9.81. The molecule has 0 bridgehead atoms. The summed E-state index contributed by atoms with van der Waals surface area (Å²) in [4.78, 5) is 9.81. The van der Waals surface area contributed by atoms with Gasteiger partial charge in [0.15, 0.2) is 0 Å². The van der Waals surface area contributed by atoms with Crippen LogP contribution in [0.25, 0.3) is 0 Å². The average molecular weight is 99.1 g/mol. The van der Waals surface area contributed by atoms with Gasteiger partial charge in [-0.15, -0.1) is 0 Å². The van der Waals surface area contributed by atoms with Crippen molar-refractivity contribution >= 4 is 6.29 Å². The molecule has 0 aromatic rings. The molecular formula is C5H9NO. The second-order valence-corrected chi connectivity index (χ2v) is 1.48. The topological polar surface area (TPSA) is 43.1 Å². The lowest BCUT2D eigenvalue weighted by Gasteiger charge is -1.87. The molecule has 7 heavy (non-hydrogen) atoms. The van der Waals surface area contributed by atoms with Crippen LogP contribution in [0, 0.1) is 0 Å². The Bertz CT molecular complexity index is 101. The van der Waals surface area contributed by atoms with Gasteiger partial charge in [0.2, 0.25) is 0 Å². The van der Waals surface area contributed by atoms with Crippen LogP contribution >= 0.6 is 0 Å². The van der Waals surface area contributed by atoms with Crippen molar-refractivity contribution in [2.45, 2.75) is 13.8 Å². The van der Waals surface area contributed by atoms with E-state index in [1.165, 1.54) is 0 Å². The standard InChI is InChI=1S/C5H9NO/c1-4(3-7)5(2)6/h3H,6H2,1-2H3. The highest BCUT2D eigenvalue weighted by molar-refractivity contribution is 5.72. The molecule has 0 rings (SSSR count). The van der Waals surface area contributed by atoms with E-state index in [1.807, 2.05) is 0 Å². The van der Waals surface area contributed by atoms with Gasteiger partial charge in [-0.05, 0) is 13.8 Å². The number of hydrogen-bond donors (Lipinski definition) is 1. The van der Waals surface area contributed by atoms with Crippen molar-refractivity contribution < 1.29 is 4.79 Å². The van der Waals surface area contributed by atoms with Gasteiger partial charge in [0.1, 0.15) is 6.29 Å². The van der Waals surface area contributed by atoms with E-state index in [1.54, 1.807) is 13.8 Å². The summed E-state index contributed by atoms with van der Waals surface area (Å²) in [6.07, 6.45) is 0.745. The third kappa shape index (κ3) is 1.98. The molecule has 0 heterocycles. The molecule has 0 amide bonds. The van der Waals surface area contributed by atoms with Gasteiger partial charge in [0.05, 0.1) is 0 Å². The number of carbonyl (C=O) groups excluding carboxylic acids is 1. The van der Waals surface area contributed by atoms with Crippen molar-refractivity contribution in [3.63, 3.8) is 0 Å². The Kier molecular flexibility index (Phi) is 2.12. The van der Waals surface area contributed by atoms with Gasteiger partial charge >= 0.3 is 0 Å². The SMILES string of the molecule is CC(N)=C(C)C=O. The first-order chi connectivity index (χ1) is 3.18. The molecule has 2 nitrogen and oxygen atoms in total. The molecule has 40 valence electrons. The quantitative estimate of drug-likeness (QED) is 0.383. The van der Waals surface area contributed by atoms with E-state index in [-0.39, 0.29) is 0 Å². The molecule has 0 aromatic carbocycles. The Labute approximate surface area is 43.0 Å². The summed E-state index contributed by atoms with van der Waals surface area (Å²) < 4.78 is 0. The first-order valence-electron chi connectivity index (χ1n) is 2.06. The van der Waals surface area contributed by atoms with E-state index in [4.69, 9.17) is 5.73 Å². The van der Waals surface area contributed by atoms with Gasteiger partial charge in [-0.25, -0.2) is 0 Å². The summed E-state index contributed by atoms with van der Waals surface area (Å²) in [5.74, 6) is 0. The zero-order valence-electron chi connectivity index (χ0n) is 4.56. The van der Waals surface area contributed by atoms with Crippen LogP contribution in [0.2, 0.25) is 0 Å². The summed E-state index contributed by atoms with van der Waals surface area (Å²) in [7, 11) is 0. The fourth-order valence-corrected chi connectivity index (χ4v) is 0.0929. The normalized spacial score (nSPS) is 12.9. The van der Waals surface area contributed by atoms with Gasteiger partial charge in [-0.2, -0.15) is 0 Å². The summed E-state index contributed by atoms with van der Waals surface area (Å²) in [5.41, 5.74) is 6.40. The lowest BCUT2D eigenvalue weighted by molar-refractivity contribution is -0.104. The molecule has 0 aromatic heterocycles. The molecule has 0 atom stereocenters. The lowest BCUT2D eigenvalue weighted by Crippen LogP contribution is -1.95. The minimum atomic E-state index is 0.593. The van der Waals surface area contributed by atoms with E-state index >= 15 is 0 Å². The van der Waals surface area contributed by atoms with Crippen LogP contribution in [0.15, 0.2) is 11.3 Å². The minimum absolute atomic E-state index is 0.593. The number of carbonyl (C=O) groups is 1. The fourth-order valence-electron chi connectivity index (χ4n) is 0.0929. The van der Waals surface area contributed by atoms with Crippen LogP contribution in [0.3, 0.4) is 0 Å². The molecule has 0 spiro atoms. The van der Waals surface area contributed by atoms with Crippen molar-refractivity contribution in [3.05, 3.63) is 11.3 Å². The summed E-state index contributed by atoms with van der Waals surface area (Å²) in [6, 6.07) is 0. The Morgan fingerprint density at radius 3 is 2.00 bits per heavy atom. The van der Waals surface area contributed by atoms with Crippen LogP contribution in [0.4, 0.5) is 0 Å². The van der Waals surface area contributed by atoms with E-state index in [9.17, 15) is 4.79 Å². The fraction of sp³-hybridized carbons (Fsp3) is 0.400. The number of allylic oxidation sites excluding steroid dienone is 2. The minimum Gasteiger partial charge on any atom is -0.402 e. The molecule has 0 unspecified atom stereocenters. The summed E-state index contributed by atoms with van der Waals surface area (Å²) in [5, 5.41) is 0. The van der Waals surface area contributed by atoms with Crippen LogP contribution in [0.1, 0.15) is 13.8 Å². The van der Waals surface area contributed by atoms with Gasteiger partial charge in [-0.1, -0.05) is 0 Å². The summed E-state index contributed by atoms with van der Waals surface area (Å²) >= 11 is 0. The van der Waals surface area contributed by atoms with Gasteiger partial charge in [0, 0.05) is 11.3 Å². The highest BCUT2D eigenvalue weighted by atomic mass is 16.1. The Hall–Kier alpha value is -0.790. The molecule has 2 N–H and O–H groups in total.